The van der Waals surface area contributed by atoms with Gasteiger partial charge >= 0.3 is 0 Å². The van der Waals surface area contributed by atoms with E-state index in [0.717, 1.165) is 53.9 Å². The summed E-state index contributed by atoms with van der Waals surface area (Å²) in [5, 5.41) is 10.8. The molecule has 5 rings (SSSR count). The molecule has 7 nitrogen and oxygen atoms in total. The van der Waals surface area contributed by atoms with Crippen molar-refractivity contribution in [3.8, 4) is 16.9 Å². The van der Waals surface area contributed by atoms with Gasteiger partial charge in [-0.2, -0.15) is 5.10 Å². The summed E-state index contributed by atoms with van der Waals surface area (Å²) in [7, 11) is 0. The van der Waals surface area contributed by atoms with Crippen LogP contribution in [0.25, 0.3) is 16.6 Å². The molecular weight excluding hydrogens is 366 g/mol. The molecule has 4 heterocycles. The normalized spacial score (nSPS) is 21.0. The van der Waals surface area contributed by atoms with Crippen LogP contribution in [0, 0.1) is 12.8 Å². The Kier molecular flexibility index (Phi) is 4.47. The smallest absolute Gasteiger partial charge is 0.228 e. The number of rotatable bonds is 6. The molecule has 1 aliphatic carbocycles. The average molecular weight is 391 g/mol. The van der Waals surface area contributed by atoms with E-state index in [1.54, 1.807) is 4.52 Å². The molecule has 0 radical (unpaired) electrons. The van der Waals surface area contributed by atoms with E-state index in [-0.39, 0.29) is 17.9 Å². The third-order valence-electron chi connectivity index (χ3n) is 5.73. The number of anilines is 1. The molecule has 2 unspecified atom stereocenters. The highest BCUT2D eigenvalue weighted by Gasteiger charge is 2.31. The van der Waals surface area contributed by atoms with Gasteiger partial charge in [0, 0.05) is 42.0 Å². The zero-order valence-electron chi connectivity index (χ0n) is 16.7. The zero-order chi connectivity index (χ0) is 20.0. The van der Waals surface area contributed by atoms with E-state index in [2.05, 4.69) is 39.8 Å². The summed E-state index contributed by atoms with van der Waals surface area (Å²) in [4.78, 5) is 16.5. The van der Waals surface area contributed by atoms with Crippen molar-refractivity contribution < 1.29 is 9.53 Å². The topological polar surface area (TPSA) is 80.6 Å². The van der Waals surface area contributed by atoms with Gasteiger partial charge < -0.3 is 15.4 Å². The third kappa shape index (κ3) is 3.58. The largest absolute Gasteiger partial charge is 0.485 e. The van der Waals surface area contributed by atoms with E-state index in [9.17, 15) is 4.79 Å². The fraction of sp³-hybridized carbons (Fsp3) is 0.409. The van der Waals surface area contributed by atoms with Gasteiger partial charge in [0.2, 0.25) is 5.91 Å². The van der Waals surface area contributed by atoms with Gasteiger partial charge in [0.15, 0.2) is 5.82 Å². The maximum absolute atomic E-state index is 12.0. The SMILES string of the molecule is CCC1NCC1Oc1cnc(C)cc1-c1ccn2nc(NC(=O)C3CC3)cc2c1. The molecule has 3 aromatic rings. The Labute approximate surface area is 169 Å². The molecule has 2 fully saturated rings. The molecule has 0 bridgehead atoms. The second-order valence-electron chi connectivity index (χ2n) is 7.98. The van der Waals surface area contributed by atoms with Gasteiger partial charge in [-0.05, 0) is 49.9 Å². The molecule has 2 aliphatic rings. The van der Waals surface area contributed by atoms with Crippen LogP contribution in [0.15, 0.2) is 36.7 Å². The quantitative estimate of drug-likeness (QED) is 0.675. The number of hydrogen-bond acceptors (Lipinski definition) is 5. The maximum Gasteiger partial charge on any atom is 0.228 e. The number of nitrogens with one attached hydrogen (secondary N) is 2. The summed E-state index contributed by atoms with van der Waals surface area (Å²) in [5.74, 6) is 1.61. The van der Waals surface area contributed by atoms with Crippen LogP contribution in [0.2, 0.25) is 0 Å². The molecule has 29 heavy (non-hydrogen) atoms. The van der Waals surface area contributed by atoms with E-state index in [0.29, 0.717) is 11.9 Å². The third-order valence-corrected chi connectivity index (χ3v) is 5.73. The lowest BCUT2D eigenvalue weighted by atomic mass is 10.00. The highest BCUT2D eigenvalue weighted by molar-refractivity contribution is 5.93. The van der Waals surface area contributed by atoms with Crippen LogP contribution in [-0.2, 0) is 4.79 Å². The Morgan fingerprint density at radius 2 is 2.21 bits per heavy atom. The Morgan fingerprint density at radius 1 is 1.34 bits per heavy atom. The van der Waals surface area contributed by atoms with E-state index in [4.69, 9.17) is 4.74 Å². The van der Waals surface area contributed by atoms with Gasteiger partial charge in [0.05, 0.1) is 11.7 Å². The number of aryl methyl sites for hydroxylation is 1. The number of nitrogens with zero attached hydrogens (tertiary/aromatic N) is 3. The van der Waals surface area contributed by atoms with E-state index < -0.39 is 0 Å². The molecule has 150 valence electrons. The number of fused-ring (bicyclic) bond motifs is 1. The van der Waals surface area contributed by atoms with Crippen molar-refractivity contribution >= 4 is 17.2 Å². The summed E-state index contributed by atoms with van der Waals surface area (Å²) in [6, 6.07) is 8.43. The first-order valence-corrected chi connectivity index (χ1v) is 10.3. The molecule has 3 aromatic heterocycles. The molecular formula is C22H25N5O2. The van der Waals surface area contributed by atoms with Crippen LogP contribution in [0.1, 0.15) is 31.9 Å². The highest BCUT2D eigenvalue weighted by atomic mass is 16.5. The minimum absolute atomic E-state index is 0.0636. The van der Waals surface area contributed by atoms with Crippen LogP contribution < -0.4 is 15.4 Å². The number of amides is 1. The highest BCUT2D eigenvalue weighted by Crippen LogP contribution is 2.33. The second kappa shape index (κ2) is 7.15. The Hall–Kier alpha value is -2.93. The fourth-order valence-corrected chi connectivity index (χ4v) is 3.74. The summed E-state index contributed by atoms with van der Waals surface area (Å²) in [6.07, 6.45) is 6.89. The van der Waals surface area contributed by atoms with Crippen LogP contribution in [0.4, 0.5) is 5.82 Å². The number of carbonyl (C=O) groups excluding carboxylic acids is 1. The van der Waals surface area contributed by atoms with Crippen LogP contribution in [0.5, 0.6) is 5.75 Å². The first kappa shape index (κ1) is 18.1. The molecule has 7 heteroatoms. The molecule has 1 saturated carbocycles. The van der Waals surface area contributed by atoms with Gasteiger partial charge in [0.1, 0.15) is 11.9 Å². The monoisotopic (exact) mass is 391 g/mol. The summed E-state index contributed by atoms with van der Waals surface area (Å²) < 4.78 is 8.07. The lowest BCUT2D eigenvalue weighted by Crippen LogP contribution is -2.59. The van der Waals surface area contributed by atoms with Crippen molar-refractivity contribution in [2.24, 2.45) is 5.92 Å². The van der Waals surface area contributed by atoms with E-state index >= 15 is 0 Å². The zero-order valence-corrected chi connectivity index (χ0v) is 16.7. The minimum Gasteiger partial charge on any atom is -0.485 e. The van der Waals surface area contributed by atoms with Crippen molar-refractivity contribution in [2.75, 3.05) is 11.9 Å². The van der Waals surface area contributed by atoms with Crippen LogP contribution in [0.3, 0.4) is 0 Å². The number of hydrogen-bond donors (Lipinski definition) is 2. The maximum atomic E-state index is 12.0. The Bertz CT molecular complexity index is 1070. The molecule has 2 N–H and O–H groups in total. The van der Waals surface area contributed by atoms with Crippen molar-refractivity contribution in [2.45, 2.75) is 45.3 Å². The van der Waals surface area contributed by atoms with Crippen molar-refractivity contribution in [3.05, 3.63) is 42.4 Å². The average Bonchev–Trinajstić information content (AvgIpc) is 3.46. The Balaban J connectivity index is 1.45. The number of carbonyl (C=O) groups is 1. The molecule has 1 aliphatic heterocycles. The Morgan fingerprint density at radius 3 is 2.93 bits per heavy atom. The lowest BCUT2D eigenvalue weighted by Gasteiger charge is -2.37. The fourth-order valence-electron chi connectivity index (χ4n) is 3.74. The molecule has 2 atom stereocenters. The summed E-state index contributed by atoms with van der Waals surface area (Å²) in [5.41, 5.74) is 3.92. The minimum atomic E-state index is 0.0636. The molecule has 0 spiro atoms. The van der Waals surface area contributed by atoms with E-state index in [1.165, 1.54) is 0 Å². The van der Waals surface area contributed by atoms with Crippen molar-refractivity contribution in [1.29, 1.82) is 0 Å². The van der Waals surface area contributed by atoms with Crippen LogP contribution >= 0.6 is 0 Å². The molecule has 1 amide bonds. The molecule has 0 aromatic carbocycles. The summed E-state index contributed by atoms with van der Waals surface area (Å²) in [6.45, 7) is 5.00. The van der Waals surface area contributed by atoms with E-state index in [1.807, 2.05) is 31.5 Å². The van der Waals surface area contributed by atoms with Gasteiger partial charge in [-0.15, -0.1) is 0 Å². The van der Waals surface area contributed by atoms with Gasteiger partial charge in [-0.3, -0.25) is 9.78 Å². The van der Waals surface area contributed by atoms with Gasteiger partial charge in [-0.1, -0.05) is 6.92 Å². The predicted molar refractivity (Wildman–Crippen MR) is 111 cm³/mol. The number of ether oxygens (including phenoxy) is 1. The molecule has 1 saturated heterocycles. The first-order valence-electron chi connectivity index (χ1n) is 10.3. The second-order valence-corrected chi connectivity index (χ2v) is 7.98. The van der Waals surface area contributed by atoms with Gasteiger partial charge in [-0.25, -0.2) is 4.52 Å². The number of pyridine rings is 2. The van der Waals surface area contributed by atoms with Gasteiger partial charge in [0.25, 0.3) is 0 Å². The lowest BCUT2D eigenvalue weighted by molar-refractivity contribution is -0.117. The number of aromatic nitrogens is 3. The standard InChI is InChI=1S/C22H25N5O2/c1-3-18-20(12-24-18)29-19-11-23-13(2)8-17(19)15-6-7-27-16(9-15)10-21(26-27)25-22(28)14-4-5-14/h6-11,14,18,20,24H,3-5,12H2,1-2H3,(H,25,26,28). The predicted octanol–water partition coefficient (Wildman–Crippen LogP) is 3.18. The first-order chi connectivity index (χ1) is 14.1. The van der Waals surface area contributed by atoms with Crippen molar-refractivity contribution in [1.82, 2.24) is 19.9 Å². The van der Waals surface area contributed by atoms with Crippen molar-refractivity contribution in [3.63, 3.8) is 0 Å². The summed E-state index contributed by atoms with van der Waals surface area (Å²) >= 11 is 0. The van der Waals surface area contributed by atoms with Crippen LogP contribution in [-0.4, -0.2) is 39.2 Å².